The van der Waals surface area contributed by atoms with Crippen molar-refractivity contribution in [2.24, 2.45) is 0 Å². The van der Waals surface area contributed by atoms with E-state index in [0.29, 0.717) is 24.7 Å². The molecule has 2 aliphatic rings. The molecular weight excluding hydrogens is 320 g/mol. The summed E-state index contributed by atoms with van der Waals surface area (Å²) in [7, 11) is 0. The molecule has 1 N–H and O–H groups in total. The molecule has 0 saturated carbocycles. The van der Waals surface area contributed by atoms with Crippen molar-refractivity contribution in [1.82, 2.24) is 15.0 Å². The number of aryl methyl sites for hydroxylation is 1. The summed E-state index contributed by atoms with van der Waals surface area (Å²) in [6.07, 6.45) is 2.55. The minimum absolute atomic E-state index is 0.0346. The highest BCUT2D eigenvalue weighted by Crippen LogP contribution is 2.38. The number of rotatable bonds is 3. The quantitative estimate of drug-likeness (QED) is 0.927. The topological polar surface area (TPSA) is 88.3 Å². The summed E-state index contributed by atoms with van der Waals surface area (Å²) in [5.41, 5.74) is 1.60. The average molecular weight is 340 g/mol. The van der Waals surface area contributed by atoms with E-state index in [2.05, 4.69) is 15.5 Å². The Morgan fingerprint density at radius 1 is 1.40 bits per heavy atom. The molecule has 0 aliphatic carbocycles. The Hall–Kier alpha value is -2.70. The van der Waals surface area contributed by atoms with Gasteiger partial charge in [-0.15, -0.1) is 0 Å². The first-order valence-electron chi connectivity index (χ1n) is 8.69. The van der Waals surface area contributed by atoms with Crippen molar-refractivity contribution in [1.29, 1.82) is 0 Å². The minimum Gasteiger partial charge on any atom is -0.339 e. The molecule has 0 spiro atoms. The predicted octanol–water partition coefficient (Wildman–Crippen LogP) is 2.42. The number of nitrogens with zero attached hydrogens (tertiary/aromatic N) is 3. The van der Waals surface area contributed by atoms with Gasteiger partial charge in [0.25, 0.3) is 0 Å². The first-order valence-corrected chi connectivity index (χ1v) is 8.69. The molecular formula is C18H20N4O3. The van der Waals surface area contributed by atoms with Gasteiger partial charge in [-0.25, -0.2) is 0 Å². The van der Waals surface area contributed by atoms with Gasteiger partial charge >= 0.3 is 0 Å². The van der Waals surface area contributed by atoms with Gasteiger partial charge < -0.3 is 14.7 Å². The second-order valence-electron chi connectivity index (χ2n) is 6.48. The number of benzene rings is 1. The number of nitrogens with one attached hydrogen (secondary N) is 1. The zero-order valence-corrected chi connectivity index (χ0v) is 14.1. The van der Waals surface area contributed by atoms with Crippen molar-refractivity contribution < 1.29 is 14.1 Å². The monoisotopic (exact) mass is 340 g/mol. The van der Waals surface area contributed by atoms with Gasteiger partial charge in [0.15, 0.2) is 5.82 Å². The molecule has 1 aromatic carbocycles. The van der Waals surface area contributed by atoms with Gasteiger partial charge in [0.05, 0.1) is 12.0 Å². The Morgan fingerprint density at radius 2 is 2.24 bits per heavy atom. The normalized spacial score (nSPS) is 22.6. The Balaban J connectivity index is 1.63. The lowest BCUT2D eigenvalue weighted by molar-refractivity contribution is -0.136. The van der Waals surface area contributed by atoms with E-state index < -0.39 is 5.92 Å². The van der Waals surface area contributed by atoms with Gasteiger partial charge in [0, 0.05) is 25.1 Å². The summed E-state index contributed by atoms with van der Waals surface area (Å²) in [6, 6.07) is 7.32. The second-order valence-corrected chi connectivity index (χ2v) is 6.48. The van der Waals surface area contributed by atoms with Gasteiger partial charge in [0.2, 0.25) is 17.7 Å². The molecule has 0 radical (unpaired) electrons. The lowest BCUT2D eigenvalue weighted by Gasteiger charge is -2.30. The maximum Gasteiger partial charge on any atom is 0.231 e. The number of carbonyl (C=O) groups excluding carboxylic acids is 2. The Bertz CT molecular complexity index is 816. The summed E-state index contributed by atoms with van der Waals surface area (Å²) >= 11 is 0. The first kappa shape index (κ1) is 15.8. The third kappa shape index (κ3) is 2.79. The third-order valence-corrected chi connectivity index (χ3v) is 4.92. The van der Waals surface area contributed by atoms with Crippen molar-refractivity contribution in [2.45, 2.75) is 44.6 Å². The molecule has 25 heavy (non-hydrogen) atoms. The summed E-state index contributed by atoms with van der Waals surface area (Å²) in [5.74, 6) is 0.532. The number of carbonyl (C=O) groups is 2. The molecule has 2 aliphatic heterocycles. The van der Waals surface area contributed by atoms with Crippen molar-refractivity contribution >= 4 is 17.5 Å². The Labute approximate surface area is 145 Å². The highest BCUT2D eigenvalue weighted by molar-refractivity contribution is 6.01. The average Bonchev–Trinajstić information content (AvgIpc) is 3.29. The van der Waals surface area contributed by atoms with Crippen LogP contribution in [0.5, 0.6) is 0 Å². The van der Waals surface area contributed by atoms with Crippen LogP contribution in [0.2, 0.25) is 0 Å². The molecule has 0 bridgehead atoms. The zero-order chi connectivity index (χ0) is 17.4. The third-order valence-electron chi connectivity index (χ3n) is 4.92. The fourth-order valence-electron chi connectivity index (χ4n) is 3.68. The molecule has 0 unspecified atom stereocenters. The number of fused-ring (bicyclic) bond motifs is 1. The van der Waals surface area contributed by atoms with Gasteiger partial charge in [-0.3, -0.25) is 9.59 Å². The molecule has 2 aromatic rings. The van der Waals surface area contributed by atoms with E-state index in [0.717, 1.165) is 24.1 Å². The van der Waals surface area contributed by atoms with E-state index >= 15 is 0 Å². The fourth-order valence-corrected chi connectivity index (χ4v) is 3.68. The van der Waals surface area contributed by atoms with Crippen LogP contribution in [0.3, 0.4) is 0 Å². The standard InChI is InChI=1S/C18H20N4O3/c1-2-16-20-17(21-25-16)14-8-5-9-22(14)18(24)12-10-15(23)19-13-7-4-3-6-11(12)13/h3-4,6-7,12,14H,2,5,8-10H2,1H3,(H,19,23)/t12-,14-/m1/s1. The van der Waals surface area contributed by atoms with Crippen LogP contribution in [0.4, 0.5) is 5.69 Å². The highest BCUT2D eigenvalue weighted by atomic mass is 16.5. The van der Waals surface area contributed by atoms with E-state index in [1.54, 1.807) is 0 Å². The van der Waals surface area contributed by atoms with Crippen molar-refractivity contribution in [3.05, 3.63) is 41.5 Å². The molecule has 4 rings (SSSR count). The van der Waals surface area contributed by atoms with Crippen molar-refractivity contribution in [3.8, 4) is 0 Å². The molecule has 1 aromatic heterocycles. The summed E-state index contributed by atoms with van der Waals surface area (Å²) in [6.45, 7) is 2.60. The summed E-state index contributed by atoms with van der Waals surface area (Å²) in [5, 5.41) is 6.89. The van der Waals surface area contributed by atoms with Crippen LogP contribution in [-0.2, 0) is 16.0 Å². The number of hydrogen-bond acceptors (Lipinski definition) is 5. The molecule has 1 saturated heterocycles. The van der Waals surface area contributed by atoms with E-state index in [1.165, 1.54) is 0 Å². The van der Waals surface area contributed by atoms with Gasteiger partial charge in [0.1, 0.15) is 0 Å². The largest absolute Gasteiger partial charge is 0.339 e. The SMILES string of the molecule is CCc1nc([C@H]2CCCN2C(=O)[C@@H]2CC(=O)Nc3ccccc32)no1. The van der Waals surface area contributed by atoms with E-state index in [1.807, 2.05) is 36.1 Å². The molecule has 130 valence electrons. The minimum atomic E-state index is -0.455. The molecule has 7 heteroatoms. The van der Waals surface area contributed by atoms with Crippen LogP contribution in [-0.4, -0.2) is 33.4 Å². The molecule has 3 heterocycles. The van der Waals surface area contributed by atoms with E-state index in [-0.39, 0.29) is 24.3 Å². The number of amides is 2. The predicted molar refractivity (Wildman–Crippen MR) is 89.8 cm³/mol. The summed E-state index contributed by atoms with van der Waals surface area (Å²) < 4.78 is 5.21. The summed E-state index contributed by atoms with van der Waals surface area (Å²) in [4.78, 5) is 31.5. The number of aromatic nitrogens is 2. The lowest BCUT2D eigenvalue weighted by Crippen LogP contribution is -2.38. The number of para-hydroxylation sites is 1. The van der Waals surface area contributed by atoms with Crippen LogP contribution in [0.25, 0.3) is 0 Å². The molecule has 7 nitrogen and oxygen atoms in total. The van der Waals surface area contributed by atoms with Crippen LogP contribution in [0.1, 0.15) is 55.4 Å². The number of hydrogen-bond donors (Lipinski definition) is 1. The van der Waals surface area contributed by atoms with Crippen molar-refractivity contribution in [2.75, 3.05) is 11.9 Å². The van der Waals surface area contributed by atoms with Crippen molar-refractivity contribution in [3.63, 3.8) is 0 Å². The smallest absolute Gasteiger partial charge is 0.231 e. The van der Waals surface area contributed by atoms with Crippen LogP contribution < -0.4 is 5.32 Å². The first-order chi connectivity index (χ1) is 12.2. The molecule has 1 fully saturated rings. The fraction of sp³-hybridized carbons (Fsp3) is 0.444. The molecule has 2 atom stereocenters. The maximum atomic E-state index is 13.2. The number of likely N-dealkylation sites (tertiary alicyclic amines) is 1. The molecule has 2 amide bonds. The van der Waals surface area contributed by atoms with E-state index in [9.17, 15) is 9.59 Å². The van der Waals surface area contributed by atoms with E-state index in [4.69, 9.17) is 4.52 Å². The van der Waals surface area contributed by atoms with Gasteiger partial charge in [-0.05, 0) is 24.5 Å². The van der Waals surface area contributed by atoms with Gasteiger partial charge in [-0.2, -0.15) is 4.98 Å². The van der Waals surface area contributed by atoms with Crippen LogP contribution >= 0.6 is 0 Å². The van der Waals surface area contributed by atoms with Gasteiger partial charge in [-0.1, -0.05) is 30.3 Å². The Kier molecular flexibility index (Phi) is 3.99. The number of anilines is 1. The van der Waals surface area contributed by atoms with Crippen LogP contribution in [0, 0.1) is 0 Å². The Morgan fingerprint density at radius 3 is 3.04 bits per heavy atom. The maximum absolute atomic E-state index is 13.2. The highest BCUT2D eigenvalue weighted by Gasteiger charge is 2.39. The lowest BCUT2D eigenvalue weighted by atomic mass is 9.89. The van der Waals surface area contributed by atoms with Crippen LogP contribution in [0.15, 0.2) is 28.8 Å². The second kappa shape index (κ2) is 6.31. The zero-order valence-electron chi connectivity index (χ0n) is 14.1.